The Bertz CT molecular complexity index is 314. The van der Waals surface area contributed by atoms with Gasteiger partial charge in [-0.05, 0) is 37.3 Å². The second-order valence-corrected chi connectivity index (χ2v) is 2.61. The van der Waals surface area contributed by atoms with Gasteiger partial charge in [-0.15, -0.1) is 0 Å². The van der Waals surface area contributed by atoms with Crippen molar-refractivity contribution in [1.82, 2.24) is 0 Å². The summed E-state index contributed by atoms with van der Waals surface area (Å²) in [7, 11) is 0. The van der Waals surface area contributed by atoms with Crippen LogP contribution in [0.4, 0.5) is 11.4 Å². The molecule has 1 aromatic carbocycles. The maximum atomic E-state index is 11.1. The van der Waals surface area contributed by atoms with Gasteiger partial charge in [0, 0.05) is 11.4 Å². The number of anilines is 2. The topological polar surface area (TPSA) is 55.1 Å². The minimum Gasteiger partial charge on any atom is -0.399 e. The number of nitrogens with one attached hydrogen (secondary N) is 1. The summed E-state index contributed by atoms with van der Waals surface area (Å²) in [6.45, 7) is 1.79. The van der Waals surface area contributed by atoms with Crippen LogP contribution in [0.5, 0.6) is 0 Å². The van der Waals surface area contributed by atoms with Crippen molar-refractivity contribution in [2.24, 2.45) is 0 Å². The second-order valence-electron chi connectivity index (χ2n) is 2.61. The number of allylic oxidation sites excluding steroid dienone is 1. The molecule has 0 atom stereocenters. The van der Waals surface area contributed by atoms with Crippen molar-refractivity contribution in [2.75, 3.05) is 11.1 Å². The predicted octanol–water partition coefficient (Wildman–Crippen LogP) is 1.78. The molecule has 1 amide bonds. The Hall–Kier alpha value is -1.77. The third kappa shape index (κ3) is 2.99. The SMILES string of the molecule is C/C=C/C(=O)Nc1ccc(N)cc1. The Morgan fingerprint density at radius 1 is 1.38 bits per heavy atom. The van der Waals surface area contributed by atoms with E-state index in [1.54, 1.807) is 37.3 Å². The van der Waals surface area contributed by atoms with Gasteiger partial charge in [-0.3, -0.25) is 4.79 Å². The molecule has 13 heavy (non-hydrogen) atoms. The molecule has 1 rings (SSSR count). The number of hydrogen-bond donors (Lipinski definition) is 2. The van der Waals surface area contributed by atoms with Crippen LogP contribution in [0.1, 0.15) is 6.92 Å². The average molecular weight is 176 g/mol. The fourth-order valence-electron chi connectivity index (χ4n) is 0.902. The first-order valence-corrected chi connectivity index (χ1v) is 4.01. The summed E-state index contributed by atoms with van der Waals surface area (Å²) in [4.78, 5) is 11.1. The van der Waals surface area contributed by atoms with Crippen LogP contribution < -0.4 is 11.1 Å². The lowest BCUT2D eigenvalue weighted by Crippen LogP contribution is -2.07. The Labute approximate surface area is 77.3 Å². The molecule has 0 unspecified atom stereocenters. The number of amides is 1. The third-order valence-electron chi connectivity index (χ3n) is 1.50. The van der Waals surface area contributed by atoms with Gasteiger partial charge in [0.1, 0.15) is 0 Å². The van der Waals surface area contributed by atoms with Gasteiger partial charge in [-0.1, -0.05) is 6.08 Å². The van der Waals surface area contributed by atoms with E-state index >= 15 is 0 Å². The first-order valence-electron chi connectivity index (χ1n) is 4.01. The highest BCUT2D eigenvalue weighted by molar-refractivity contribution is 5.99. The van der Waals surface area contributed by atoms with Crippen molar-refractivity contribution in [1.29, 1.82) is 0 Å². The highest BCUT2D eigenvalue weighted by atomic mass is 16.1. The molecule has 3 heteroatoms. The fourth-order valence-corrected chi connectivity index (χ4v) is 0.902. The van der Waals surface area contributed by atoms with E-state index in [0.29, 0.717) is 5.69 Å². The lowest BCUT2D eigenvalue weighted by molar-refractivity contribution is -0.111. The number of nitrogens with two attached hydrogens (primary N) is 1. The van der Waals surface area contributed by atoms with Crippen LogP contribution in [0.3, 0.4) is 0 Å². The monoisotopic (exact) mass is 176 g/mol. The van der Waals surface area contributed by atoms with E-state index in [0.717, 1.165) is 5.69 Å². The third-order valence-corrected chi connectivity index (χ3v) is 1.50. The van der Waals surface area contributed by atoms with Crippen molar-refractivity contribution >= 4 is 17.3 Å². The van der Waals surface area contributed by atoms with Crippen LogP contribution in [0.25, 0.3) is 0 Å². The molecule has 68 valence electrons. The largest absolute Gasteiger partial charge is 0.399 e. The molecule has 3 nitrogen and oxygen atoms in total. The highest BCUT2D eigenvalue weighted by Crippen LogP contribution is 2.09. The molecule has 0 aliphatic carbocycles. The maximum Gasteiger partial charge on any atom is 0.248 e. The first-order chi connectivity index (χ1) is 6.22. The molecule has 0 spiro atoms. The van der Waals surface area contributed by atoms with E-state index in [2.05, 4.69) is 5.32 Å². The normalized spacial score (nSPS) is 10.2. The van der Waals surface area contributed by atoms with Gasteiger partial charge >= 0.3 is 0 Å². The molecule has 0 aliphatic heterocycles. The Morgan fingerprint density at radius 3 is 2.54 bits per heavy atom. The smallest absolute Gasteiger partial charge is 0.248 e. The van der Waals surface area contributed by atoms with E-state index in [9.17, 15) is 4.79 Å². The number of rotatable bonds is 2. The number of nitrogen functional groups attached to an aromatic ring is 1. The predicted molar refractivity (Wildman–Crippen MR) is 54.3 cm³/mol. The molecular weight excluding hydrogens is 164 g/mol. The summed E-state index contributed by atoms with van der Waals surface area (Å²) in [6, 6.07) is 7.00. The maximum absolute atomic E-state index is 11.1. The van der Waals surface area contributed by atoms with Crippen LogP contribution >= 0.6 is 0 Å². The summed E-state index contributed by atoms with van der Waals surface area (Å²) in [5.74, 6) is -0.132. The van der Waals surface area contributed by atoms with Crippen molar-refractivity contribution in [3.63, 3.8) is 0 Å². The molecule has 0 fully saturated rings. The molecule has 0 aliphatic rings. The zero-order valence-electron chi connectivity index (χ0n) is 7.45. The minimum absolute atomic E-state index is 0.132. The molecule has 1 aromatic rings. The summed E-state index contributed by atoms with van der Waals surface area (Å²) in [5, 5.41) is 2.69. The number of benzene rings is 1. The highest BCUT2D eigenvalue weighted by Gasteiger charge is 1.95. The summed E-state index contributed by atoms with van der Waals surface area (Å²) in [6.07, 6.45) is 3.16. The molecule has 0 bridgehead atoms. The first kappa shape index (κ1) is 9.32. The molecule has 3 N–H and O–H groups in total. The molecule has 0 heterocycles. The van der Waals surface area contributed by atoms with Gasteiger partial charge in [-0.25, -0.2) is 0 Å². The number of carbonyl (C=O) groups excluding carboxylic acids is 1. The number of carbonyl (C=O) groups is 1. The van der Waals surface area contributed by atoms with Crippen LogP contribution in [-0.4, -0.2) is 5.91 Å². The van der Waals surface area contributed by atoms with Gasteiger partial charge < -0.3 is 11.1 Å². The summed E-state index contributed by atoms with van der Waals surface area (Å²) < 4.78 is 0. The molecule has 0 saturated carbocycles. The van der Waals surface area contributed by atoms with Crippen LogP contribution in [0.15, 0.2) is 36.4 Å². The van der Waals surface area contributed by atoms with E-state index in [4.69, 9.17) is 5.73 Å². The van der Waals surface area contributed by atoms with E-state index in [-0.39, 0.29) is 5.91 Å². The summed E-state index contributed by atoms with van der Waals surface area (Å²) >= 11 is 0. The lowest BCUT2D eigenvalue weighted by Gasteiger charge is -2.01. The van der Waals surface area contributed by atoms with E-state index < -0.39 is 0 Å². The van der Waals surface area contributed by atoms with Crippen LogP contribution in [0.2, 0.25) is 0 Å². The van der Waals surface area contributed by atoms with Crippen LogP contribution in [-0.2, 0) is 4.79 Å². The Kier molecular flexibility index (Phi) is 3.09. The zero-order valence-corrected chi connectivity index (χ0v) is 7.45. The van der Waals surface area contributed by atoms with Crippen molar-refractivity contribution in [3.05, 3.63) is 36.4 Å². The molecule has 0 aromatic heterocycles. The molecular formula is C10H12N2O. The van der Waals surface area contributed by atoms with Gasteiger partial charge in [-0.2, -0.15) is 0 Å². The second kappa shape index (κ2) is 4.30. The number of hydrogen-bond acceptors (Lipinski definition) is 2. The van der Waals surface area contributed by atoms with Gasteiger partial charge in [0.15, 0.2) is 0 Å². The quantitative estimate of drug-likeness (QED) is 0.533. The van der Waals surface area contributed by atoms with Gasteiger partial charge in [0.05, 0.1) is 0 Å². The standard InChI is InChI=1S/C10H12N2O/c1-2-3-10(13)12-9-6-4-8(11)5-7-9/h2-7H,11H2,1H3,(H,12,13)/b3-2+. The molecule has 0 saturated heterocycles. The van der Waals surface area contributed by atoms with Crippen molar-refractivity contribution < 1.29 is 4.79 Å². The Balaban J connectivity index is 2.64. The van der Waals surface area contributed by atoms with Crippen molar-refractivity contribution in [2.45, 2.75) is 6.92 Å². The van der Waals surface area contributed by atoms with Gasteiger partial charge in [0.2, 0.25) is 5.91 Å². The van der Waals surface area contributed by atoms with Gasteiger partial charge in [0.25, 0.3) is 0 Å². The van der Waals surface area contributed by atoms with Crippen molar-refractivity contribution in [3.8, 4) is 0 Å². The summed E-state index contributed by atoms with van der Waals surface area (Å²) in [5.41, 5.74) is 6.92. The molecule has 0 radical (unpaired) electrons. The zero-order chi connectivity index (χ0) is 9.68. The van der Waals surface area contributed by atoms with E-state index in [1.165, 1.54) is 6.08 Å². The van der Waals surface area contributed by atoms with E-state index in [1.807, 2.05) is 0 Å². The lowest BCUT2D eigenvalue weighted by atomic mass is 10.3. The average Bonchev–Trinajstić information content (AvgIpc) is 2.09. The minimum atomic E-state index is -0.132. The van der Waals surface area contributed by atoms with Crippen LogP contribution in [0, 0.1) is 0 Å². The Morgan fingerprint density at radius 2 is 2.00 bits per heavy atom. The fraction of sp³-hybridized carbons (Fsp3) is 0.100.